The lowest BCUT2D eigenvalue weighted by Crippen LogP contribution is -2.15. The van der Waals surface area contributed by atoms with E-state index in [0.717, 1.165) is 11.3 Å². The quantitative estimate of drug-likeness (QED) is 0.829. The Morgan fingerprint density at radius 1 is 1.24 bits per heavy atom. The molecule has 2 aromatic rings. The van der Waals surface area contributed by atoms with Crippen molar-refractivity contribution in [3.63, 3.8) is 0 Å². The third-order valence-corrected chi connectivity index (χ3v) is 3.20. The van der Waals surface area contributed by atoms with Crippen LogP contribution in [0.15, 0.2) is 42.5 Å². The van der Waals surface area contributed by atoms with Crippen LogP contribution in [0.1, 0.15) is 12.0 Å². The predicted molar refractivity (Wildman–Crippen MR) is 85.8 cm³/mol. The standard InChI is InChI=1S/C16H17ClN2O2/c1-11-2-5-13(6-3-11)21-9-8-16(20)19-15-7-4-12(18)10-14(15)17/h2-7,10H,8-9,18H2,1H3,(H,19,20). The molecular weight excluding hydrogens is 288 g/mol. The van der Waals surface area contributed by atoms with Gasteiger partial charge in [0.1, 0.15) is 5.75 Å². The number of ether oxygens (including phenoxy) is 1. The van der Waals surface area contributed by atoms with Gasteiger partial charge in [-0.2, -0.15) is 0 Å². The molecule has 0 atom stereocenters. The van der Waals surface area contributed by atoms with Crippen LogP contribution in [-0.2, 0) is 4.79 Å². The van der Waals surface area contributed by atoms with Crippen LogP contribution in [0.2, 0.25) is 5.02 Å². The van der Waals surface area contributed by atoms with Crippen LogP contribution < -0.4 is 15.8 Å². The van der Waals surface area contributed by atoms with E-state index in [2.05, 4.69) is 5.32 Å². The molecule has 0 bridgehead atoms. The van der Waals surface area contributed by atoms with Crippen molar-refractivity contribution in [3.8, 4) is 5.75 Å². The molecule has 2 rings (SSSR count). The number of hydrogen-bond donors (Lipinski definition) is 2. The van der Waals surface area contributed by atoms with Gasteiger partial charge in [0, 0.05) is 5.69 Å². The van der Waals surface area contributed by atoms with Gasteiger partial charge in [-0.3, -0.25) is 4.79 Å². The summed E-state index contributed by atoms with van der Waals surface area (Å²) in [5.74, 6) is 0.590. The number of carbonyl (C=O) groups is 1. The van der Waals surface area contributed by atoms with E-state index in [9.17, 15) is 4.79 Å². The Hall–Kier alpha value is -2.20. The van der Waals surface area contributed by atoms with Crippen LogP contribution in [0.4, 0.5) is 11.4 Å². The Morgan fingerprint density at radius 2 is 1.95 bits per heavy atom. The van der Waals surface area contributed by atoms with Crippen molar-refractivity contribution in [1.82, 2.24) is 0 Å². The first-order valence-electron chi connectivity index (χ1n) is 6.59. The Labute approximate surface area is 128 Å². The van der Waals surface area contributed by atoms with Gasteiger partial charge in [0.2, 0.25) is 5.91 Å². The summed E-state index contributed by atoms with van der Waals surface area (Å²) >= 11 is 5.99. The van der Waals surface area contributed by atoms with Crippen molar-refractivity contribution in [2.45, 2.75) is 13.3 Å². The Balaban J connectivity index is 1.81. The van der Waals surface area contributed by atoms with Crippen molar-refractivity contribution < 1.29 is 9.53 Å². The van der Waals surface area contributed by atoms with E-state index < -0.39 is 0 Å². The van der Waals surface area contributed by atoms with Gasteiger partial charge >= 0.3 is 0 Å². The molecule has 0 heterocycles. The number of benzene rings is 2. The summed E-state index contributed by atoms with van der Waals surface area (Å²) < 4.78 is 5.50. The van der Waals surface area contributed by atoms with Crippen molar-refractivity contribution in [3.05, 3.63) is 53.1 Å². The first-order valence-corrected chi connectivity index (χ1v) is 6.97. The zero-order valence-corrected chi connectivity index (χ0v) is 12.5. The van der Waals surface area contributed by atoms with E-state index >= 15 is 0 Å². The minimum Gasteiger partial charge on any atom is -0.493 e. The largest absolute Gasteiger partial charge is 0.493 e. The fourth-order valence-electron chi connectivity index (χ4n) is 1.74. The second-order valence-corrected chi connectivity index (χ2v) is 5.11. The summed E-state index contributed by atoms with van der Waals surface area (Å²) in [6.07, 6.45) is 0.245. The maximum Gasteiger partial charge on any atom is 0.227 e. The minimum atomic E-state index is -0.159. The number of halogens is 1. The van der Waals surface area contributed by atoms with Crippen molar-refractivity contribution in [2.75, 3.05) is 17.7 Å². The highest BCUT2D eigenvalue weighted by Crippen LogP contribution is 2.24. The molecule has 0 aliphatic rings. The zero-order valence-electron chi connectivity index (χ0n) is 11.7. The summed E-state index contributed by atoms with van der Waals surface area (Å²) in [5, 5.41) is 3.15. The molecule has 0 spiro atoms. The van der Waals surface area contributed by atoms with E-state index in [1.807, 2.05) is 31.2 Å². The predicted octanol–water partition coefficient (Wildman–Crippen LogP) is 3.64. The second kappa shape index (κ2) is 6.99. The molecule has 0 radical (unpaired) electrons. The van der Waals surface area contributed by atoms with Crippen LogP contribution in [0.3, 0.4) is 0 Å². The van der Waals surface area contributed by atoms with Crippen molar-refractivity contribution >= 4 is 28.9 Å². The van der Waals surface area contributed by atoms with Crippen LogP contribution >= 0.6 is 11.6 Å². The van der Waals surface area contributed by atoms with Gasteiger partial charge in [-0.05, 0) is 37.3 Å². The molecule has 0 fully saturated rings. The number of rotatable bonds is 5. The lowest BCUT2D eigenvalue weighted by molar-refractivity contribution is -0.116. The Morgan fingerprint density at radius 3 is 2.62 bits per heavy atom. The Kier molecular flexibility index (Phi) is 5.06. The maximum absolute atomic E-state index is 11.8. The zero-order chi connectivity index (χ0) is 15.2. The molecule has 0 saturated carbocycles. The average molecular weight is 305 g/mol. The fourth-order valence-corrected chi connectivity index (χ4v) is 1.98. The van der Waals surface area contributed by atoms with Gasteiger partial charge in [-0.1, -0.05) is 29.3 Å². The topological polar surface area (TPSA) is 64.3 Å². The summed E-state index contributed by atoms with van der Waals surface area (Å²) in [6, 6.07) is 12.6. The van der Waals surface area contributed by atoms with Gasteiger partial charge in [0.05, 0.1) is 23.7 Å². The van der Waals surface area contributed by atoms with Crippen molar-refractivity contribution in [2.24, 2.45) is 0 Å². The molecule has 0 unspecified atom stereocenters. The lowest BCUT2D eigenvalue weighted by Gasteiger charge is -2.09. The highest BCUT2D eigenvalue weighted by molar-refractivity contribution is 6.34. The van der Waals surface area contributed by atoms with Crippen LogP contribution in [0, 0.1) is 6.92 Å². The molecule has 3 N–H and O–H groups in total. The molecule has 21 heavy (non-hydrogen) atoms. The van der Waals surface area contributed by atoms with Gasteiger partial charge < -0.3 is 15.8 Å². The monoisotopic (exact) mass is 304 g/mol. The number of amides is 1. The summed E-state index contributed by atoms with van der Waals surface area (Å²) in [7, 11) is 0. The molecule has 0 aliphatic heterocycles. The van der Waals surface area contributed by atoms with Gasteiger partial charge in [-0.25, -0.2) is 0 Å². The number of anilines is 2. The molecule has 0 aliphatic carbocycles. The Bertz CT molecular complexity index is 627. The number of nitrogens with one attached hydrogen (secondary N) is 1. The van der Waals surface area contributed by atoms with Gasteiger partial charge in [-0.15, -0.1) is 0 Å². The number of nitrogens with two attached hydrogens (primary N) is 1. The fraction of sp³-hybridized carbons (Fsp3) is 0.188. The van der Waals surface area contributed by atoms with E-state index in [1.54, 1.807) is 18.2 Å². The molecule has 5 heteroatoms. The first kappa shape index (κ1) is 15.2. The van der Waals surface area contributed by atoms with Crippen molar-refractivity contribution in [1.29, 1.82) is 0 Å². The number of aryl methyl sites for hydroxylation is 1. The number of hydrogen-bond acceptors (Lipinski definition) is 3. The molecular formula is C16H17ClN2O2. The second-order valence-electron chi connectivity index (χ2n) is 4.70. The number of carbonyl (C=O) groups excluding carboxylic acids is 1. The minimum absolute atomic E-state index is 0.159. The van der Waals surface area contributed by atoms with E-state index in [1.165, 1.54) is 0 Å². The van der Waals surface area contributed by atoms with E-state index in [4.69, 9.17) is 22.1 Å². The highest BCUT2D eigenvalue weighted by Gasteiger charge is 2.06. The maximum atomic E-state index is 11.8. The summed E-state index contributed by atoms with van der Waals surface area (Å²) in [4.78, 5) is 11.8. The number of nitrogen functional groups attached to an aromatic ring is 1. The molecule has 110 valence electrons. The average Bonchev–Trinajstić information content (AvgIpc) is 2.44. The molecule has 0 saturated heterocycles. The third-order valence-electron chi connectivity index (χ3n) is 2.89. The van der Waals surface area contributed by atoms with Gasteiger partial charge in [0.15, 0.2) is 0 Å². The van der Waals surface area contributed by atoms with Crippen LogP contribution in [-0.4, -0.2) is 12.5 Å². The molecule has 4 nitrogen and oxygen atoms in total. The highest BCUT2D eigenvalue weighted by atomic mass is 35.5. The third kappa shape index (κ3) is 4.68. The van der Waals surface area contributed by atoms with Crippen LogP contribution in [0.5, 0.6) is 5.75 Å². The molecule has 2 aromatic carbocycles. The van der Waals surface area contributed by atoms with E-state index in [-0.39, 0.29) is 12.3 Å². The molecule has 1 amide bonds. The lowest BCUT2D eigenvalue weighted by atomic mass is 10.2. The van der Waals surface area contributed by atoms with Crippen LogP contribution in [0.25, 0.3) is 0 Å². The van der Waals surface area contributed by atoms with E-state index in [0.29, 0.717) is 23.0 Å². The SMILES string of the molecule is Cc1ccc(OCCC(=O)Nc2ccc(N)cc2Cl)cc1. The summed E-state index contributed by atoms with van der Waals surface area (Å²) in [6.45, 7) is 2.31. The smallest absolute Gasteiger partial charge is 0.227 e. The summed E-state index contributed by atoms with van der Waals surface area (Å²) in [5.41, 5.74) is 7.86. The first-order chi connectivity index (χ1) is 10.0. The van der Waals surface area contributed by atoms with Gasteiger partial charge in [0.25, 0.3) is 0 Å². The molecule has 0 aromatic heterocycles. The normalized spacial score (nSPS) is 10.2.